The topological polar surface area (TPSA) is 76.1 Å². The normalized spacial score (nSPS) is 16.0. The van der Waals surface area contributed by atoms with Gasteiger partial charge in [0, 0.05) is 18.1 Å². The Kier molecular flexibility index (Phi) is 5.45. The van der Waals surface area contributed by atoms with Crippen molar-refractivity contribution in [2.24, 2.45) is 0 Å². The molecule has 2 N–H and O–H groups in total. The average molecular weight is 420 g/mol. The molecule has 0 radical (unpaired) electrons. The van der Waals surface area contributed by atoms with E-state index in [9.17, 15) is 18.0 Å². The molecule has 0 bridgehead atoms. The number of anilines is 1. The number of pyridine rings is 1. The van der Waals surface area contributed by atoms with E-state index in [0.717, 1.165) is 54.8 Å². The van der Waals surface area contributed by atoms with Crippen molar-refractivity contribution < 1.29 is 22.7 Å². The van der Waals surface area contributed by atoms with Crippen LogP contribution in [-0.4, -0.2) is 34.5 Å². The van der Waals surface area contributed by atoms with Crippen LogP contribution in [-0.2, 0) is 0 Å². The highest BCUT2D eigenvalue weighted by Gasteiger charge is 2.22. The van der Waals surface area contributed by atoms with E-state index in [1.165, 1.54) is 6.20 Å². The highest BCUT2D eigenvalue weighted by molar-refractivity contribution is 7.08. The maximum absolute atomic E-state index is 14.2. The molecule has 10 heteroatoms. The van der Waals surface area contributed by atoms with Gasteiger partial charge in [0.1, 0.15) is 40.6 Å². The zero-order chi connectivity index (χ0) is 20.4. The van der Waals surface area contributed by atoms with Crippen LogP contribution < -0.4 is 15.4 Å². The van der Waals surface area contributed by atoms with E-state index in [-0.39, 0.29) is 11.8 Å². The van der Waals surface area contributed by atoms with Gasteiger partial charge in [-0.15, -0.1) is 0 Å². The number of carbonyl (C=O) groups is 1. The van der Waals surface area contributed by atoms with E-state index < -0.39 is 34.6 Å². The van der Waals surface area contributed by atoms with Crippen LogP contribution in [0.25, 0.3) is 11.3 Å². The SMILES string of the molecule is O=C(Nc1cnsc1OC1CCNC1)c1ccc(F)c(-c2c(F)cccc2F)n1. The van der Waals surface area contributed by atoms with E-state index in [2.05, 4.69) is 20.0 Å². The Morgan fingerprint density at radius 3 is 2.69 bits per heavy atom. The van der Waals surface area contributed by atoms with Crippen molar-refractivity contribution >= 4 is 23.1 Å². The smallest absolute Gasteiger partial charge is 0.274 e. The summed E-state index contributed by atoms with van der Waals surface area (Å²) in [5.41, 5.74) is -1.07. The van der Waals surface area contributed by atoms with E-state index in [4.69, 9.17) is 4.74 Å². The number of ether oxygens (including phenoxy) is 1. The quantitative estimate of drug-likeness (QED) is 0.660. The molecular formula is C19H15F3N4O2S. The van der Waals surface area contributed by atoms with Crippen molar-refractivity contribution in [2.75, 3.05) is 18.4 Å². The summed E-state index contributed by atoms with van der Waals surface area (Å²) in [6.07, 6.45) is 2.24. The zero-order valence-corrected chi connectivity index (χ0v) is 15.7. The average Bonchev–Trinajstić information content (AvgIpc) is 3.36. The van der Waals surface area contributed by atoms with Gasteiger partial charge in [-0.05, 0) is 37.2 Å². The number of carbonyl (C=O) groups excluding carboxylic acids is 1. The van der Waals surface area contributed by atoms with E-state index >= 15 is 0 Å². The third-order valence-corrected chi connectivity index (χ3v) is 5.05. The lowest BCUT2D eigenvalue weighted by Crippen LogP contribution is -2.20. The molecule has 1 amide bonds. The molecule has 6 nitrogen and oxygen atoms in total. The Hall–Kier alpha value is -2.98. The second kappa shape index (κ2) is 8.18. The van der Waals surface area contributed by atoms with Gasteiger partial charge in [0.05, 0.1) is 11.8 Å². The van der Waals surface area contributed by atoms with Gasteiger partial charge in [-0.25, -0.2) is 18.2 Å². The van der Waals surface area contributed by atoms with E-state index in [0.29, 0.717) is 17.3 Å². The van der Waals surface area contributed by atoms with Crippen molar-refractivity contribution in [3.8, 4) is 16.3 Å². The van der Waals surface area contributed by atoms with Crippen molar-refractivity contribution in [2.45, 2.75) is 12.5 Å². The summed E-state index contributed by atoms with van der Waals surface area (Å²) in [6, 6.07) is 5.22. The Balaban J connectivity index is 1.58. The van der Waals surface area contributed by atoms with Crippen molar-refractivity contribution in [1.82, 2.24) is 14.7 Å². The highest BCUT2D eigenvalue weighted by atomic mass is 32.1. The van der Waals surface area contributed by atoms with Crippen LogP contribution in [0.1, 0.15) is 16.9 Å². The first-order valence-corrected chi connectivity index (χ1v) is 9.54. The second-order valence-corrected chi connectivity index (χ2v) is 7.10. The molecule has 0 aliphatic carbocycles. The summed E-state index contributed by atoms with van der Waals surface area (Å²) < 4.78 is 52.1. The standard InChI is InChI=1S/C19H15F3N4O2S/c20-11-2-1-3-12(21)16(11)17-13(22)4-5-14(25-17)18(27)26-15-9-24-29-19(15)28-10-6-7-23-8-10/h1-5,9-10,23H,6-8H2,(H,26,27). The number of hydrogen-bond acceptors (Lipinski definition) is 6. The molecule has 1 unspecified atom stereocenters. The highest BCUT2D eigenvalue weighted by Crippen LogP contribution is 2.31. The first-order chi connectivity index (χ1) is 14.0. The first kappa shape index (κ1) is 19.3. The molecule has 1 aliphatic heterocycles. The Bertz CT molecular complexity index is 1030. The van der Waals surface area contributed by atoms with Gasteiger partial charge in [-0.1, -0.05) is 6.07 Å². The minimum absolute atomic E-state index is 0.0225. The maximum atomic E-state index is 14.2. The second-order valence-electron chi connectivity index (χ2n) is 6.34. The number of amides is 1. The third kappa shape index (κ3) is 4.08. The molecule has 150 valence electrons. The fourth-order valence-corrected chi connectivity index (χ4v) is 3.57. The number of benzene rings is 1. The monoisotopic (exact) mass is 420 g/mol. The Morgan fingerprint density at radius 2 is 1.97 bits per heavy atom. The largest absolute Gasteiger partial charge is 0.477 e. The van der Waals surface area contributed by atoms with Gasteiger partial charge in [-0.2, -0.15) is 4.37 Å². The molecular weight excluding hydrogens is 405 g/mol. The maximum Gasteiger partial charge on any atom is 0.274 e. The van der Waals surface area contributed by atoms with Crippen LogP contribution in [0.5, 0.6) is 5.06 Å². The molecule has 1 atom stereocenters. The van der Waals surface area contributed by atoms with Crippen LogP contribution in [0.15, 0.2) is 36.5 Å². The van der Waals surface area contributed by atoms with Gasteiger partial charge in [0.15, 0.2) is 0 Å². The molecule has 1 aliphatic rings. The van der Waals surface area contributed by atoms with Crippen molar-refractivity contribution in [3.05, 3.63) is 59.7 Å². The molecule has 1 fully saturated rings. The lowest BCUT2D eigenvalue weighted by molar-refractivity contribution is 0.102. The number of hydrogen-bond donors (Lipinski definition) is 2. The Labute approximate surface area is 167 Å². The van der Waals surface area contributed by atoms with Crippen LogP contribution in [0.2, 0.25) is 0 Å². The molecule has 4 rings (SSSR count). The molecule has 1 aromatic carbocycles. The van der Waals surface area contributed by atoms with Crippen molar-refractivity contribution in [1.29, 1.82) is 0 Å². The van der Waals surface area contributed by atoms with Gasteiger partial charge in [0.2, 0.25) is 5.06 Å². The predicted molar refractivity (Wildman–Crippen MR) is 102 cm³/mol. The third-order valence-electron chi connectivity index (χ3n) is 4.35. The van der Waals surface area contributed by atoms with Crippen LogP contribution in [0.3, 0.4) is 0 Å². The molecule has 0 spiro atoms. The molecule has 1 saturated heterocycles. The molecule has 29 heavy (non-hydrogen) atoms. The van der Waals surface area contributed by atoms with E-state index in [1.807, 2.05) is 0 Å². The number of nitrogens with zero attached hydrogens (tertiary/aromatic N) is 2. The van der Waals surface area contributed by atoms with Crippen LogP contribution in [0.4, 0.5) is 18.9 Å². The predicted octanol–water partition coefficient (Wildman–Crippen LogP) is 3.62. The molecule has 3 aromatic rings. The first-order valence-electron chi connectivity index (χ1n) is 8.77. The minimum atomic E-state index is -0.975. The molecule has 2 aromatic heterocycles. The molecule has 0 saturated carbocycles. The number of nitrogens with one attached hydrogen (secondary N) is 2. The lowest BCUT2D eigenvalue weighted by atomic mass is 10.1. The number of rotatable bonds is 5. The summed E-state index contributed by atoms with van der Waals surface area (Å²) in [4.78, 5) is 16.4. The summed E-state index contributed by atoms with van der Waals surface area (Å²) >= 11 is 1.09. The van der Waals surface area contributed by atoms with E-state index in [1.54, 1.807) is 0 Å². The Morgan fingerprint density at radius 1 is 1.17 bits per heavy atom. The zero-order valence-electron chi connectivity index (χ0n) is 14.9. The van der Waals surface area contributed by atoms with Gasteiger partial charge < -0.3 is 15.4 Å². The van der Waals surface area contributed by atoms with Gasteiger partial charge in [0.25, 0.3) is 5.91 Å². The minimum Gasteiger partial charge on any atom is -0.477 e. The van der Waals surface area contributed by atoms with Gasteiger partial charge in [-0.3, -0.25) is 4.79 Å². The van der Waals surface area contributed by atoms with Crippen LogP contribution >= 0.6 is 11.5 Å². The fraction of sp³-hybridized carbons (Fsp3) is 0.211. The fourth-order valence-electron chi connectivity index (χ4n) is 2.93. The number of aromatic nitrogens is 2. The number of halogens is 3. The van der Waals surface area contributed by atoms with Crippen LogP contribution in [0, 0.1) is 17.5 Å². The lowest BCUT2D eigenvalue weighted by Gasteiger charge is -2.12. The molecule has 3 heterocycles. The summed E-state index contributed by atoms with van der Waals surface area (Å²) in [5, 5.41) is 6.21. The summed E-state index contributed by atoms with van der Waals surface area (Å²) in [6.45, 7) is 1.54. The van der Waals surface area contributed by atoms with Gasteiger partial charge >= 0.3 is 0 Å². The summed E-state index contributed by atoms with van der Waals surface area (Å²) in [5.74, 6) is -3.58. The van der Waals surface area contributed by atoms with Crippen molar-refractivity contribution in [3.63, 3.8) is 0 Å². The summed E-state index contributed by atoms with van der Waals surface area (Å²) in [7, 11) is 0.